The van der Waals surface area contributed by atoms with Crippen molar-refractivity contribution in [3.8, 4) is 11.1 Å². The molecule has 0 aliphatic heterocycles. The number of rotatable bonds is 6. The van der Waals surface area contributed by atoms with Gasteiger partial charge in [0.25, 0.3) is 0 Å². The van der Waals surface area contributed by atoms with Crippen LogP contribution < -0.4 is 0 Å². The lowest BCUT2D eigenvalue weighted by Crippen LogP contribution is -2.30. The first-order valence-corrected chi connectivity index (χ1v) is 12.1. The molecule has 4 rings (SSSR count). The third-order valence-corrected chi connectivity index (χ3v) is 7.81. The Bertz CT molecular complexity index is 797. The summed E-state index contributed by atoms with van der Waals surface area (Å²) < 4.78 is 14.9. The Morgan fingerprint density at radius 2 is 1.66 bits per heavy atom. The molecule has 4 atom stereocenters. The average Bonchev–Trinajstić information content (AvgIpc) is 2.74. The SMILES string of the molecule is CCCCCC1CC[C@@H]2C[C@H](c3ccc(-c4ccc(Cl)cc4)c(F)c3)CC[C@@H]2C1. The van der Waals surface area contributed by atoms with Crippen LogP contribution in [0, 0.1) is 23.6 Å². The van der Waals surface area contributed by atoms with Gasteiger partial charge in [-0.2, -0.15) is 0 Å². The molecule has 0 spiro atoms. The highest BCUT2D eigenvalue weighted by atomic mass is 35.5. The lowest BCUT2D eigenvalue weighted by Gasteiger charge is -2.42. The molecule has 2 aromatic carbocycles. The molecular formula is C27H34ClF. The van der Waals surface area contributed by atoms with Gasteiger partial charge in [-0.05, 0) is 85.1 Å². The number of hydrogen-bond donors (Lipinski definition) is 0. The normalized spacial score (nSPS) is 26.9. The summed E-state index contributed by atoms with van der Waals surface area (Å²) in [5.41, 5.74) is 2.76. The molecule has 0 bridgehead atoms. The van der Waals surface area contributed by atoms with Gasteiger partial charge >= 0.3 is 0 Å². The fourth-order valence-corrected chi connectivity index (χ4v) is 6.01. The Morgan fingerprint density at radius 3 is 2.41 bits per heavy atom. The van der Waals surface area contributed by atoms with Crippen LogP contribution in [0.3, 0.4) is 0 Å². The molecule has 2 heteroatoms. The van der Waals surface area contributed by atoms with E-state index in [-0.39, 0.29) is 5.82 Å². The van der Waals surface area contributed by atoms with Crippen LogP contribution in [0.15, 0.2) is 42.5 Å². The standard InChI is InChI=1S/C27H34ClF/c1-2-3-4-5-19-6-7-22-17-23(9-8-21(22)16-19)24-12-15-26(27(29)18-24)20-10-13-25(28)14-11-20/h10-15,18-19,21-23H,2-9,16-17H2,1H3/t19?,21-,22-,23-/m1/s1. The van der Waals surface area contributed by atoms with Gasteiger partial charge in [-0.25, -0.2) is 4.39 Å². The van der Waals surface area contributed by atoms with Gasteiger partial charge in [0.1, 0.15) is 5.82 Å². The number of halogens is 2. The number of unbranched alkanes of at least 4 members (excludes halogenated alkanes) is 2. The van der Waals surface area contributed by atoms with Crippen LogP contribution in [-0.4, -0.2) is 0 Å². The predicted octanol–water partition coefficient (Wildman–Crippen LogP) is 9.03. The second-order valence-corrected chi connectivity index (χ2v) is 9.89. The smallest absolute Gasteiger partial charge is 0.131 e. The summed E-state index contributed by atoms with van der Waals surface area (Å²) >= 11 is 5.97. The summed E-state index contributed by atoms with van der Waals surface area (Å²) in [6.45, 7) is 2.29. The van der Waals surface area contributed by atoms with E-state index in [2.05, 4.69) is 13.0 Å². The first-order chi connectivity index (χ1) is 14.1. The first-order valence-electron chi connectivity index (χ1n) is 11.7. The van der Waals surface area contributed by atoms with Crippen molar-refractivity contribution in [2.75, 3.05) is 0 Å². The van der Waals surface area contributed by atoms with E-state index >= 15 is 0 Å². The van der Waals surface area contributed by atoms with E-state index in [0.29, 0.717) is 16.5 Å². The minimum Gasteiger partial charge on any atom is -0.206 e. The number of hydrogen-bond acceptors (Lipinski definition) is 0. The summed E-state index contributed by atoms with van der Waals surface area (Å²) in [5.74, 6) is 3.17. The molecule has 0 nitrogen and oxygen atoms in total. The zero-order valence-electron chi connectivity index (χ0n) is 17.7. The van der Waals surface area contributed by atoms with Crippen molar-refractivity contribution >= 4 is 11.6 Å². The summed E-state index contributed by atoms with van der Waals surface area (Å²) in [6, 6.07) is 13.4. The fraction of sp³-hybridized carbons (Fsp3) is 0.556. The summed E-state index contributed by atoms with van der Waals surface area (Å²) in [4.78, 5) is 0. The molecule has 156 valence electrons. The van der Waals surface area contributed by atoms with Crippen LogP contribution in [0.25, 0.3) is 11.1 Å². The van der Waals surface area contributed by atoms with Crippen LogP contribution in [0.4, 0.5) is 4.39 Å². The second-order valence-electron chi connectivity index (χ2n) is 9.45. The van der Waals surface area contributed by atoms with Crippen LogP contribution in [0.2, 0.25) is 5.02 Å². The largest absolute Gasteiger partial charge is 0.206 e. The molecule has 0 radical (unpaired) electrons. The van der Waals surface area contributed by atoms with E-state index in [1.54, 1.807) is 6.07 Å². The molecule has 2 aliphatic carbocycles. The van der Waals surface area contributed by atoms with Crippen LogP contribution in [-0.2, 0) is 0 Å². The van der Waals surface area contributed by atoms with E-state index in [1.807, 2.05) is 30.3 Å². The third-order valence-electron chi connectivity index (χ3n) is 7.56. The van der Waals surface area contributed by atoms with E-state index in [4.69, 9.17) is 11.6 Å². The molecule has 0 saturated heterocycles. The van der Waals surface area contributed by atoms with Crippen LogP contribution in [0.5, 0.6) is 0 Å². The zero-order chi connectivity index (χ0) is 20.2. The number of fused-ring (bicyclic) bond motifs is 1. The van der Waals surface area contributed by atoms with E-state index in [0.717, 1.165) is 23.3 Å². The molecule has 1 unspecified atom stereocenters. The van der Waals surface area contributed by atoms with Gasteiger partial charge < -0.3 is 0 Å². The maximum atomic E-state index is 14.9. The lowest BCUT2D eigenvalue weighted by molar-refractivity contribution is 0.113. The minimum absolute atomic E-state index is 0.105. The van der Waals surface area contributed by atoms with E-state index in [1.165, 1.54) is 69.8 Å². The highest BCUT2D eigenvalue weighted by molar-refractivity contribution is 6.30. The summed E-state index contributed by atoms with van der Waals surface area (Å²) in [5, 5.41) is 0.683. The first kappa shape index (κ1) is 20.9. The molecule has 0 aromatic heterocycles. The fourth-order valence-electron chi connectivity index (χ4n) is 5.88. The van der Waals surface area contributed by atoms with Crippen molar-refractivity contribution in [3.63, 3.8) is 0 Å². The highest BCUT2D eigenvalue weighted by Gasteiger charge is 2.35. The van der Waals surface area contributed by atoms with Crippen LogP contribution in [0.1, 0.15) is 82.6 Å². The van der Waals surface area contributed by atoms with E-state index in [9.17, 15) is 4.39 Å². The highest BCUT2D eigenvalue weighted by Crippen LogP contribution is 2.48. The van der Waals surface area contributed by atoms with Gasteiger partial charge in [-0.1, -0.05) is 74.9 Å². The quantitative estimate of drug-likeness (QED) is 0.415. The Hall–Kier alpha value is -1.34. The van der Waals surface area contributed by atoms with E-state index < -0.39 is 0 Å². The maximum absolute atomic E-state index is 14.9. The topological polar surface area (TPSA) is 0 Å². The molecular weight excluding hydrogens is 379 g/mol. The summed E-state index contributed by atoms with van der Waals surface area (Å²) in [7, 11) is 0. The Balaban J connectivity index is 1.38. The van der Waals surface area contributed by atoms with Gasteiger partial charge in [0, 0.05) is 10.6 Å². The monoisotopic (exact) mass is 412 g/mol. The Morgan fingerprint density at radius 1 is 0.897 bits per heavy atom. The number of benzene rings is 2. The van der Waals surface area contributed by atoms with Crippen LogP contribution >= 0.6 is 11.6 Å². The van der Waals surface area contributed by atoms with Crippen molar-refractivity contribution in [1.82, 2.24) is 0 Å². The molecule has 0 N–H and O–H groups in total. The molecule has 29 heavy (non-hydrogen) atoms. The van der Waals surface area contributed by atoms with Crippen molar-refractivity contribution < 1.29 is 4.39 Å². The predicted molar refractivity (Wildman–Crippen MR) is 122 cm³/mol. The van der Waals surface area contributed by atoms with Crippen molar-refractivity contribution in [1.29, 1.82) is 0 Å². The maximum Gasteiger partial charge on any atom is 0.131 e. The van der Waals surface area contributed by atoms with Crippen molar-refractivity contribution in [3.05, 3.63) is 58.9 Å². The lowest BCUT2D eigenvalue weighted by atomic mass is 9.63. The zero-order valence-corrected chi connectivity index (χ0v) is 18.4. The Labute approximate surface area is 180 Å². The summed E-state index contributed by atoms with van der Waals surface area (Å²) in [6.07, 6.45) is 13.7. The van der Waals surface area contributed by atoms with Gasteiger partial charge in [0.15, 0.2) is 0 Å². The molecule has 2 aromatic rings. The van der Waals surface area contributed by atoms with Gasteiger partial charge in [-0.3, -0.25) is 0 Å². The molecule has 2 aliphatic rings. The minimum atomic E-state index is -0.105. The van der Waals surface area contributed by atoms with Gasteiger partial charge in [0.2, 0.25) is 0 Å². The van der Waals surface area contributed by atoms with Gasteiger partial charge in [-0.15, -0.1) is 0 Å². The molecule has 2 fully saturated rings. The third kappa shape index (κ3) is 5.05. The van der Waals surface area contributed by atoms with Crippen molar-refractivity contribution in [2.24, 2.45) is 17.8 Å². The second kappa shape index (κ2) is 9.65. The van der Waals surface area contributed by atoms with Gasteiger partial charge in [0.05, 0.1) is 0 Å². The molecule has 2 saturated carbocycles. The average molecular weight is 413 g/mol. The molecule has 0 amide bonds. The van der Waals surface area contributed by atoms with Crippen molar-refractivity contribution in [2.45, 2.75) is 77.0 Å². The molecule has 0 heterocycles. The Kier molecular flexibility index (Phi) is 6.96.